The molecule has 2 aromatic heterocycles. The van der Waals surface area contributed by atoms with E-state index >= 15 is 0 Å². The van der Waals surface area contributed by atoms with Crippen molar-refractivity contribution < 1.29 is 0 Å². The summed E-state index contributed by atoms with van der Waals surface area (Å²) >= 11 is 6.01. The number of fused-ring (bicyclic) bond motifs is 1. The minimum absolute atomic E-state index is 0.0359. The van der Waals surface area contributed by atoms with Gasteiger partial charge >= 0.3 is 5.69 Å². The Labute approximate surface area is 162 Å². The first kappa shape index (κ1) is 17.4. The van der Waals surface area contributed by atoms with Gasteiger partial charge in [0.15, 0.2) is 0 Å². The Hall–Kier alpha value is -2.98. The molecule has 0 aliphatic rings. The van der Waals surface area contributed by atoms with Crippen LogP contribution in [0.4, 0.5) is 0 Å². The predicted molar refractivity (Wildman–Crippen MR) is 110 cm³/mol. The molecule has 0 aliphatic carbocycles. The molecule has 0 aliphatic heterocycles. The summed E-state index contributed by atoms with van der Waals surface area (Å²) in [6.07, 6.45) is 1.79. The first-order valence-electron chi connectivity index (χ1n) is 8.78. The Morgan fingerprint density at radius 1 is 0.926 bits per heavy atom. The number of hydrogen-bond acceptors (Lipinski definition) is 3. The predicted octanol–water partition coefficient (Wildman–Crippen LogP) is 5.36. The van der Waals surface area contributed by atoms with Crippen LogP contribution in [0.5, 0.6) is 0 Å². The van der Waals surface area contributed by atoms with Gasteiger partial charge in [-0.2, -0.15) is 4.98 Å². The van der Waals surface area contributed by atoms with Crippen molar-refractivity contribution in [1.29, 1.82) is 0 Å². The number of nitrogens with zero attached hydrogens (tertiary/aromatic N) is 3. The summed E-state index contributed by atoms with van der Waals surface area (Å²) in [5.41, 5.74) is 3.85. The molecule has 0 bridgehead atoms. The van der Waals surface area contributed by atoms with Crippen molar-refractivity contribution in [3.05, 3.63) is 82.4 Å². The van der Waals surface area contributed by atoms with Gasteiger partial charge < -0.3 is 0 Å². The van der Waals surface area contributed by atoms with E-state index < -0.39 is 0 Å². The first-order chi connectivity index (χ1) is 13.0. The molecular formula is C22H18ClN3O. The van der Waals surface area contributed by atoms with Gasteiger partial charge in [-0.15, -0.1) is 0 Å². The lowest BCUT2D eigenvalue weighted by Crippen LogP contribution is -2.26. The van der Waals surface area contributed by atoms with Crippen LogP contribution < -0.4 is 5.69 Å². The lowest BCUT2D eigenvalue weighted by Gasteiger charge is -2.15. The van der Waals surface area contributed by atoms with E-state index in [2.05, 4.69) is 9.97 Å². The van der Waals surface area contributed by atoms with Crippen LogP contribution in [-0.4, -0.2) is 14.5 Å². The minimum Gasteiger partial charge on any atom is -0.273 e. The molecule has 0 atom stereocenters. The van der Waals surface area contributed by atoms with Crippen LogP contribution >= 0.6 is 11.6 Å². The molecule has 4 rings (SSSR count). The standard InChI is InChI=1S/C22H18ClN3O/c1-14(2)26-21-19(20(25-22(26)27)16-6-4-3-5-7-16)12-17(13-24-21)15-8-10-18(23)11-9-15/h3-14H,1-2H3. The Morgan fingerprint density at radius 2 is 1.63 bits per heavy atom. The van der Waals surface area contributed by atoms with Crippen molar-refractivity contribution in [3.63, 3.8) is 0 Å². The summed E-state index contributed by atoms with van der Waals surface area (Å²) in [6, 6.07) is 19.4. The molecule has 0 radical (unpaired) electrons. The average molecular weight is 376 g/mol. The molecule has 0 fully saturated rings. The van der Waals surface area contributed by atoms with Gasteiger partial charge in [-0.25, -0.2) is 9.78 Å². The minimum atomic E-state index is -0.289. The molecule has 0 saturated carbocycles. The molecule has 0 N–H and O–H groups in total. The van der Waals surface area contributed by atoms with E-state index in [-0.39, 0.29) is 11.7 Å². The van der Waals surface area contributed by atoms with E-state index in [1.807, 2.05) is 74.5 Å². The third kappa shape index (κ3) is 3.24. The molecule has 4 aromatic rings. The fourth-order valence-electron chi connectivity index (χ4n) is 3.21. The van der Waals surface area contributed by atoms with E-state index in [1.54, 1.807) is 10.8 Å². The number of aromatic nitrogens is 3. The molecule has 0 unspecified atom stereocenters. The molecule has 5 heteroatoms. The zero-order valence-electron chi connectivity index (χ0n) is 15.1. The second-order valence-corrected chi connectivity index (χ2v) is 7.11. The summed E-state index contributed by atoms with van der Waals surface area (Å²) in [5, 5.41) is 1.54. The van der Waals surface area contributed by atoms with Gasteiger partial charge in [0, 0.05) is 33.8 Å². The summed E-state index contributed by atoms with van der Waals surface area (Å²) in [5.74, 6) is 0. The van der Waals surface area contributed by atoms with E-state index in [4.69, 9.17) is 11.6 Å². The normalized spacial score (nSPS) is 11.3. The summed E-state index contributed by atoms with van der Waals surface area (Å²) < 4.78 is 1.63. The molecule has 4 nitrogen and oxygen atoms in total. The SMILES string of the molecule is CC(C)n1c(=O)nc(-c2ccccc2)c2cc(-c3ccc(Cl)cc3)cnc21. The fourth-order valence-corrected chi connectivity index (χ4v) is 3.33. The monoisotopic (exact) mass is 375 g/mol. The van der Waals surface area contributed by atoms with Crippen LogP contribution in [0.3, 0.4) is 0 Å². The second-order valence-electron chi connectivity index (χ2n) is 6.67. The van der Waals surface area contributed by atoms with Gasteiger partial charge in [0.2, 0.25) is 0 Å². The second kappa shape index (κ2) is 6.97. The maximum Gasteiger partial charge on any atom is 0.350 e. The van der Waals surface area contributed by atoms with Crippen LogP contribution in [0.1, 0.15) is 19.9 Å². The van der Waals surface area contributed by atoms with Crippen molar-refractivity contribution in [1.82, 2.24) is 14.5 Å². The van der Waals surface area contributed by atoms with E-state index in [1.165, 1.54) is 0 Å². The fraction of sp³-hybridized carbons (Fsp3) is 0.136. The quantitative estimate of drug-likeness (QED) is 0.484. The Bertz CT molecular complexity index is 1170. The summed E-state index contributed by atoms with van der Waals surface area (Å²) in [7, 11) is 0. The van der Waals surface area contributed by atoms with E-state index in [9.17, 15) is 4.79 Å². The van der Waals surface area contributed by atoms with Crippen LogP contribution in [0, 0.1) is 0 Å². The molecular weight excluding hydrogens is 358 g/mol. The van der Waals surface area contributed by atoms with Crippen molar-refractivity contribution in [2.45, 2.75) is 19.9 Å². The van der Waals surface area contributed by atoms with Gasteiger partial charge in [0.25, 0.3) is 0 Å². The number of hydrogen-bond donors (Lipinski definition) is 0. The molecule has 27 heavy (non-hydrogen) atoms. The Balaban J connectivity index is 2.04. The third-order valence-corrected chi connectivity index (χ3v) is 4.76. The highest BCUT2D eigenvalue weighted by atomic mass is 35.5. The Morgan fingerprint density at radius 3 is 2.30 bits per heavy atom. The Kier molecular flexibility index (Phi) is 4.50. The average Bonchev–Trinajstić information content (AvgIpc) is 2.68. The topological polar surface area (TPSA) is 47.8 Å². The van der Waals surface area contributed by atoms with E-state index in [0.29, 0.717) is 16.4 Å². The smallest absolute Gasteiger partial charge is 0.273 e. The van der Waals surface area contributed by atoms with Crippen molar-refractivity contribution in [3.8, 4) is 22.4 Å². The van der Waals surface area contributed by atoms with Gasteiger partial charge in [0.1, 0.15) is 5.65 Å². The van der Waals surface area contributed by atoms with Gasteiger partial charge in [-0.05, 0) is 37.6 Å². The van der Waals surface area contributed by atoms with Crippen LogP contribution in [0.25, 0.3) is 33.4 Å². The number of halogens is 1. The largest absolute Gasteiger partial charge is 0.350 e. The zero-order chi connectivity index (χ0) is 19.0. The molecule has 0 amide bonds. The number of benzene rings is 2. The molecule has 0 spiro atoms. The highest BCUT2D eigenvalue weighted by Gasteiger charge is 2.16. The molecule has 134 valence electrons. The van der Waals surface area contributed by atoms with Crippen LogP contribution in [0.15, 0.2) is 71.7 Å². The van der Waals surface area contributed by atoms with E-state index in [0.717, 1.165) is 22.1 Å². The zero-order valence-corrected chi connectivity index (χ0v) is 15.8. The number of pyridine rings is 1. The summed E-state index contributed by atoms with van der Waals surface area (Å²) in [4.78, 5) is 21.7. The van der Waals surface area contributed by atoms with Crippen molar-refractivity contribution in [2.24, 2.45) is 0 Å². The van der Waals surface area contributed by atoms with Gasteiger partial charge in [-0.3, -0.25) is 4.57 Å². The van der Waals surface area contributed by atoms with Gasteiger partial charge in [-0.1, -0.05) is 54.1 Å². The van der Waals surface area contributed by atoms with Gasteiger partial charge in [0.05, 0.1) is 5.69 Å². The highest BCUT2D eigenvalue weighted by Crippen LogP contribution is 2.29. The molecule has 0 saturated heterocycles. The number of rotatable bonds is 3. The summed E-state index contributed by atoms with van der Waals surface area (Å²) in [6.45, 7) is 3.92. The molecule has 2 aromatic carbocycles. The lowest BCUT2D eigenvalue weighted by molar-refractivity contribution is 0.582. The molecule has 2 heterocycles. The lowest BCUT2D eigenvalue weighted by atomic mass is 10.0. The van der Waals surface area contributed by atoms with Crippen LogP contribution in [-0.2, 0) is 0 Å². The van der Waals surface area contributed by atoms with Crippen molar-refractivity contribution in [2.75, 3.05) is 0 Å². The van der Waals surface area contributed by atoms with Crippen LogP contribution in [0.2, 0.25) is 5.02 Å². The maximum absolute atomic E-state index is 12.7. The maximum atomic E-state index is 12.7. The third-order valence-electron chi connectivity index (χ3n) is 4.50. The highest BCUT2D eigenvalue weighted by molar-refractivity contribution is 6.30. The first-order valence-corrected chi connectivity index (χ1v) is 9.16. The van der Waals surface area contributed by atoms with Crippen molar-refractivity contribution >= 4 is 22.6 Å².